The van der Waals surface area contributed by atoms with E-state index in [0.29, 0.717) is 6.42 Å². The summed E-state index contributed by atoms with van der Waals surface area (Å²) in [5, 5.41) is 0.557. The summed E-state index contributed by atoms with van der Waals surface area (Å²) in [7, 11) is 1.67. The molecular weight excluding hydrogens is 291 g/mol. The number of hydrogen-bond donors (Lipinski definition) is 0. The Hall–Kier alpha value is -1.18. The molecule has 2 aromatic rings. The van der Waals surface area contributed by atoms with Gasteiger partial charge in [-0.1, -0.05) is 35.9 Å². The molecule has 106 valence electrons. The van der Waals surface area contributed by atoms with Crippen LogP contribution in [0.4, 0.5) is 0 Å². The molecule has 0 bridgehead atoms. The average molecular weight is 309 g/mol. The van der Waals surface area contributed by atoms with Crippen molar-refractivity contribution in [2.45, 2.75) is 25.6 Å². The summed E-state index contributed by atoms with van der Waals surface area (Å²) in [6.07, 6.45) is 0.688. The van der Waals surface area contributed by atoms with Crippen LogP contribution in [-0.4, -0.2) is 7.11 Å². The smallest absolute Gasteiger partial charge is 0.122 e. The maximum absolute atomic E-state index is 6.56. The number of para-hydroxylation sites is 1. The molecule has 0 saturated carbocycles. The highest BCUT2D eigenvalue weighted by molar-refractivity contribution is 6.32. The van der Waals surface area contributed by atoms with E-state index in [0.717, 1.165) is 21.9 Å². The van der Waals surface area contributed by atoms with Crippen molar-refractivity contribution >= 4 is 23.2 Å². The molecular formula is C17H18Cl2O. The largest absolute Gasteiger partial charge is 0.496 e. The third-order valence-corrected chi connectivity index (χ3v) is 4.26. The molecule has 0 spiro atoms. The number of methoxy groups -OCH3 is 1. The molecule has 0 N–H and O–H groups in total. The van der Waals surface area contributed by atoms with Crippen LogP contribution in [0.5, 0.6) is 5.75 Å². The fourth-order valence-corrected chi connectivity index (χ4v) is 2.97. The van der Waals surface area contributed by atoms with Gasteiger partial charge in [-0.05, 0) is 54.7 Å². The quantitative estimate of drug-likeness (QED) is 0.679. The fourth-order valence-electron chi connectivity index (χ4n) is 2.22. The van der Waals surface area contributed by atoms with Crippen LogP contribution in [0.3, 0.4) is 0 Å². The minimum absolute atomic E-state index is 0.168. The van der Waals surface area contributed by atoms with Gasteiger partial charge in [0.2, 0.25) is 0 Å². The molecule has 1 unspecified atom stereocenters. The second-order valence-electron chi connectivity index (χ2n) is 4.94. The van der Waals surface area contributed by atoms with Crippen LogP contribution in [0.2, 0.25) is 5.02 Å². The molecule has 0 saturated heterocycles. The molecule has 0 heterocycles. The number of benzene rings is 2. The molecule has 0 aliphatic carbocycles. The first-order valence-corrected chi connectivity index (χ1v) is 7.37. The Bertz CT molecular complexity index is 608. The number of ether oxygens (including phenoxy) is 1. The van der Waals surface area contributed by atoms with Gasteiger partial charge in [-0.3, -0.25) is 0 Å². The zero-order valence-electron chi connectivity index (χ0n) is 11.9. The number of rotatable bonds is 4. The number of alkyl halides is 1. The van der Waals surface area contributed by atoms with Crippen LogP contribution < -0.4 is 4.74 Å². The molecule has 0 radical (unpaired) electrons. The number of halogens is 2. The lowest BCUT2D eigenvalue weighted by Gasteiger charge is -2.16. The maximum Gasteiger partial charge on any atom is 0.122 e. The summed E-state index contributed by atoms with van der Waals surface area (Å²) in [5.74, 6) is 0.859. The average Bonchev–Trinajstić information content (AvgIpc) is 2.43. The fraction of sp³-hybridized carbons (Fsp3) is 0.294. The van der Waals surface area contributed by atoms with Gasteiger partial charge in [-0.25, -0.2) is 0 Å². The Morgan fingerprint density at radius 3 is 2.45 bits per heavy atom. The van der Waals surface area contributed by atoms with Gasteiger partial charge < -0.3 is 4.74 Å². The molecule has 20 heavy (non-hydrogen) atoms. The molecule has 1 nitrogen and oxygen atoms in total. The lowest BCUT2D eigenvalue weighted by Crippen LogP contribution is -2.00. The van der Waals surface area contributed by atoms with Gasteiger partial charge >= 0.3 is 0 Å². The van der Waals surface area contributed by atoms with Crippen molar-refractivity contribution in [1.82, 2.24) is 0 Å². The normalized spacial score (nSPS) is 12.2. The van der Waals surface area contributed by atoms with Crippen molar-refractivity contribution in [3.63, 3.8) is 0 Å². The summed E-state index contributed by atoms with van der Waals surface area (Å²) in [6.45, 7) is 4.12. The third kappa shape index (κ3) is 3.28. The highest BCUT2D eigenvalue weighted by Gasteiger charge is 2.16. The van der Waals surface area contributed by atoms with Crippen molar-refractivity contribution in [2.24, 2.45) is 0 Å². The van der Waals surface area contributed by atoms with Gasteiger partial charge in [0.25, 0.3) is 0 Å². The van der Waals surface area contributed by atoms with E-state index < -0.39 is 0 Å². The highest BCUT2D eigenvalue weighted by atomic mass is 35.5. The van der Waals surface area contributed by atoms with Crippen LogP contribution in [0.1, 0.15) is 27.6 Å². The van der Waals surface area contributed by atoms with E-state index in [1.807, 2.05) is 30.3 Å². The summed E-state index contributed by atoms with van der Waals surface area (Å²) in [4.78, 5) is 0. The molecule has 1 atom stereocenters. The highest BCUT2D eigenvalue weighted by Crippen LogP contribution is 2.34. The van der Waals surface area contributed by atoms with Crippen LogP contribution in [0.15, 0.2) is 36.4 Å². The van der Waals surface area contributed by atoms with Gasteiger partial charge in [0, 0.05) is 5.02 Å². The molecule has 0 fully saturated rings. The van der Waals surface area contributed by atoms with Crippen molar-refractivity contribution < 1.29 is 4.74 Å². The van der Waals surface area contributed by atoms with Crippen LogP contribution >= 0.6 is 23.2 Å². The number of aryl methyl sites for hydroxylation is 2. The summed E-state index contributed by atoms with van der Waals surface area (Å²) in [6, 6.07) is 12.0. The van der Waals surface area contributed by atoms with E-state index in [4.69, 9.17) is 27.9 Å². The van der Waals surface area contributed by atoms with Crippen LogP contribution in [-0.2, 0) is 6.42 Å². The van der Waals surface area contributed by atoms with E-state index in [2.05, 4.69) is 19.9 Å². The van der Waals surface area contributed by atoms with Crippen molar-refractivity contribution in [1.29, 1.82) is 0 Å². The number of hydrogen-bond acceptors (Lipinski definition) is 1. The van der Waals surface area contributed by atoms with E-state index in [1.54, 1.807) is 7.11 Å². The van der Waals surface area contributed by atoms with E-state index in [-0.39, 0.29) is 5.38 Å². The summed E-state index contributed by atoms with van der Waals surface area (Å²) in [5.41, 5.74) is 4.45. The maximum atomic E-state index is 6.56. The minimum Gasteiger partial charge on any atom is -0.496 e. The molecule has 0 amide bonds. The SMILES string of the molecule is COc1ccccc1CC(Cl)c1cc(C)c(C)cc1Cl. The summed E-state index contributed by atoms with van der Waals surface area (Å²) >= 11 is 12.9. The molecule has 0 aliphatic rings. The van der Waals surface area contributed by atoms with Crippen molar-refractivity contribution in [3.8, 4) is 5.75 Å². The summed E-state index contributed by atoms with van der Waals surface area (Å²) < 4.78 is 5.36. The molecule has 2 aromatic carbocycles. The zero-order chi connectivity index (χ0) is 14.7. The first kappa shape index (κ1) is 15.2. The van der Waals surface area contributed by atoms with Gasteiger partial charge in [0.1, 0.15) is 5.75 Å². The monoisotopic (exact) mass is 308 g/mol. The van der Waals surface area contributed by atoms with Gasteiger partial charge in [0.15, 0.2) is 0 Å². The van der Waals surface area contributed by atoms with Crippen molar-refractivity contribution in [2.75, 3.05) is 7.11 Å². The predicted octanol–water partition coefficient (Wildman–Crippen LogP) is 5.49. The molecule has 0 aliphatic heterocycles. The minimum atomic E-state index is -0.168. The van der Waals surface area contributed by atoms with E-state index in [1.165, 1.54) is 11.1 Å². The first-order valence-electron chi connectivity index (χ1n) is 6.55. The van der Waals surface area contributed by atoms with Crippen LogP contribution in [0, 0.1) is 13.8 Å². The molecule has 2 rings (SSSR count). The molecule has 3 heteroatoms. The standard InChI is InChI=1S/C17H18Cl2O/c1-11-8-14(15(18)9-12(11)2)16(19)10-13-6-4-5-7-17(13)20-3/h4-9,16H,10H2,1-3H3. The Labute approximate surface area is 130 Å². The van der Waals surface area contributed by atoms with Gasteiger partial charge in [-0.15, -0.1) is 11.6 Å². The van der Waals surface area contributed by atoms with E-state index >= 15 is 0 Å². The predicted molar refractivity (Wildman–Crippen MR) is 86.2 cm³/mol. The van der Waals surface area contributed by atoms with Gasteiger partial charge in [0.05, 0.1) is 12.5 Å². The van der Waals surface area contributed by atoms with Gasteiger partial charge in [-0.2, -0.15) is 0 Å². The Morgan fingerprint density at radius 2 is 1.75 bits per heavy atom. The topological polar surface area (TPSA) is 9.23 Å². The van der Waals surface area contributed by atoms with Crippen molar-refractivity contribution in [3.05, 3.63) is 63.7 Å². The first-order chi connectivity index (χ1) is 9.52. The second kappa shape index (κ2) is 6.51. The van der Waals surface area contributed by atoms with Crippen LogP contribution in [0.25, 0.3) is 0 Å². The lowest BCUT2D eigenvalue weighted by molar-refractivity contribution is 0.409. The Morgan fingerprint density at radius 1 is 1.10 bits per heavy atom. The Kier molecular flexibility index (Phi) is 4.95. The second-order valence-corrected chi connectivity index (χ2v) is 5.88. The third-order valence-electron chi connectivity index (χ3n) is 3.54. The molecule has 0 aromatic heterocycles. The zero-order valence-corrected chi connectivity index (χ0v) is 13.4. The Balaban J connectivity index is 2.28. The van der Waals surface area contributed by atoms with E-state index in [9.17, 15) is 0 Å². The lowest BCUT2D eigenvalue weighted by atomic mass is 9.99.